The minimum atomic E-state index is -0.989. The van der Waals surface area contributed by atoms with Gasteiger partial charge in [-0.15, -0.1) is 0 Å². The van der Waals surface area contributed by atoms with Crippen molar-refractivity contribution in [3.63, 3.8) is 0 Å². The van der Waals surface area contributed by atoms with E-state index in [-0.39, 0.29) is 11.5 Å². The normalized spacial score (nSPS) is 11.7. The highest BCUT2D eigenvalue weighted by atomic mass is 16.7. The van der Waals surface area contributed by atoms with Crippen LogP contribution in [0.2, 0.25) is 0 Å². The fraction of sp³-hybridized carbons (Fsp3) is 0.235. The van der Waals surface area contributed by atoms with Crippen molar-refractivity contribution >= 4 is 6.16 Å². The van der Waals surface area contributed by atoms with Crippen LogP contribution in [0.1, 0.15) is 31.7 Å². The molecule has 1 unspecified atom stereocenters. The molecule has 0 saturated heterocycles. The quantitative estimate of drug-likeness (QED) is 0.503. The second-order valence-electron chi connectivity index (χ2n) is 4.96. The minimum Gasteiger partial charge on any atom is -0.504 e. The van der Waals surface area contributed by atoms with E-state index in [1.54, 1.807) is 12.1 Å². The molecule has 0 aliphatic heterocycles. The summed E-state index contributed by atoms with van der Waals surface area (Å²) in [5, 5.41) is 18.9. The van der Waals surface area contributed by atoms with Gasteiger partial charge in [-0.05, 0) is 42.2 Å². The van der Waals surface area contributed by atoms with Crippen LogP contribution in [0.3, 0.4) is 0 Å². The van der Waals surface area contributed by atoms with E-state index in [0.717, 1.165) is 12.0 Å². The van der Waals surface area contributed by atoms with Gasteiger partial charge < -0.3 is 19.7 Å². The monoisotopic (exact) mass is 302 g/mol. The number of carbonyl (C=O) groups is 1. The first kappa shape index (κ1) is 15.7. The zero-order valence-electron chi connectivity index (χ0n) is 12.4. The van der Waals surface area contributed by atoms with Crippen LogP contribution < -0.4 is 9.47 Å². The third-order valence-corrected chi connectivity index (χ3v) is 3.43. The molecule has 0 amide bonds. The fourth-order valence-corrected chi connectivity index (χ4v) is 1.90. The van der Waals surface area contributed by atoms with E-state index < -0.39 is 11.9 Å². The first-order valence-electron chi connectivity index (χ1n) is 7.01. The zero-order valence-corrected chi connectivity index (χ0v) is 12.4. The number of phenols is 2. The van der Waals surface area contributed by atoms with Crippen LogP contribution in [0.5, 0.6) is 23.0 Å². The van der Waals surface area contributed by atoms with Crippen molar-refractivity contribution in [2.24, 2.45) is 0 Å². The standard InChI is InChI=1S/C17H18O5/c1-3-11(2)12-7-9-13(10-8-12)21-17(20)22-15-6-4-5-14(18)16(15)19/h4-11,18-19H,3H2,1-2H3. The summed E-state index contributed by atoms with van der Waals surface area (Å²) in [6.45, 7) is 4.23. The average Bonchev–Trinajstić information content (AvgIpc) is 2.52. The number of para-hydroxylation sites is 1. The van der Waals surface area contributed by atoms with Gasteiger partial charge in [0.15, 0.2) is 11.5 Å². The smallest absolute Gasteiger partial charge is 0.504 e. The van der Waals surface area contributed by atoms with Crippen LogP contribution in [-0.2, 0) is 0 Å². The second-order valence-corrected chi connectivity index (χ2v) is 4.96. The van der Waals surface area contributed by atoms with Crippen molar-refractivity contribution < 1.29 is 24.5 Å². The average molecular weight is 302 g/mol. The molecule has 0 saturated carbocycles. The van der Waals surface area contributed by atoms with Gasteiger partial charge in [0.2, 0.25) is 5.75 Å². The van der Waals surface area contributed by atoms with E-state index >= 15 is 0 Å². The molecule has 0 fully saturated rings. The number of ether oxygens (including phenoxy) is 2. The molecule has 2 aromatic rings. The van der Waals surface area contributed by atoms with Gasteiger partial charge in [-0.3, -0.25) is 0 Å². The molecule has 0 heterocycles. The summed E-state index contributed by atoms with van der Waals surface area (Å²) in [6.07, 6.45) is 0.0381. The van der Waals surface area contributed by atoms with Crippen LogP contribution >= 0.6 is 0 Å². The first-order valence-corrected chi connectivity index (χ1v) is 7.01. The molecule has 2 N–H and O–H groups in total. The zero-order chi connectivity index (χ0) is 16.1. The molecule has 0 aliphatic carbocycles. The third kappa shape index (κ3) is 3.69. The molecular formula is C17H18O5. The van der Waals surface area contributed by atoms with Crippen LogP contribution in [0.4, 0.5) is 4.79 Å². The Morgan fingerprint density at radius 1 is 1.09 bits per heavy atom. The maximum absolute atomic E-state index is 11.7. The second kappa shape index (κ2) is 6.85. The SMILES string of the molecule is CCC(C)c1ccc(OC(=O)Oc2cccc(O)c2O)cc1. The predicted molar refractivity (Wildman–Crippen MR) is 81.6 cm³/mol. The molecule has 0 aromatic heterocycles. The van der Waals surface area contributed by atoms with E-state index in [2.05, 4.69) is 13.8 Å². The molecule has 1 atom stereocenters. The Hall–Kier alpha value is -2.69. The van der Waals surface area contributed by atoms with Crippen molar-refractivity contribution in [3.8, 4) is 23.0 Å². The Morgan fingerprint density at radius 2 is 1.77 bits per heavy atom. The van der Waals surface area contributed by atoms with Crippen LogP contribution in [0.25, 0.3) is 0 Å². The lowest BCUT2D eigenvalue weighted by Crippen LogP contribution is -2.13. The van der Waals surface area contributed by atoms with Crippen molar-refractivity contribution in [1.29, 1.82) is 0 Å². The lowest BCUT2D eigenvalue weighted by Gasteiger charge is -2.10. The van der Waals surface area contributed by atoms with E-state index in [0.29, 0.717) is 11.7 Å². The lowest BCUT2D eigenvalue weighted by molar-refractivity contribution is 0.150. The van der Waals surface area contributed by atoms with E-state index in [9.17, 15) is 15.0 Å². The highest BCUT2D eigenvalue weighted by Gasteiger charge is 2.14. The third-order valence-electron chi connectivity index (χ3n) is 3.43. The van der Waals surface area contributed by atoms with Gasteiger partial charge in [0.1, 0.15) is 5.75 Å². The van der Waals surface area contributed by atoms with Gasteiger partial charge in [-0.2, -0.15) is 0 Å². The van der Waals surface area contributed by atoms with Crippen LogP contribution in [-0.4, -0.2) is 16.4 Å². The number of carbonyl (C=O) groups excluding carboxylic acids is 1. The topological polar surface area (TPSA) is 76.0 Å². The number of aromatic hydroxyl groups is 2. The lowest BCUT2D eigenvalue weighted by atomic mass is 9.99. The maximum atomic E-state index is 11.7. The van der Waals surface area contributed by atoms with Crippen molar-refractivity contribution in [2.75, 3.05) is 0 Å². The van der Waals surface area contributed by atoms with Crippen molar-refractivity contribution in [1.82, 2.24) is 0 Å². The minimum absolute atomic E-state index is 0.166. The molecule has 116 valence electrons. The van der Waals surface area contributed by atoms with Gasteiger partial charge >= 0.3 is 6.16 Å². The number of rotatable bonds is 4. The Bertz CT molecular complexity index is 649. The molecule has 2 rings (SSSR count). The molecule has 0 spiro atoms. The van der Waals surface area contributed by atoms with E-state index in [1.807, 2.05) is 12.1 Å². The summed E-state index contributed by atoms with van der Waals surface area (Å²) >= 11 is 0. The molecule has 0 radical (unpaired) electrons. The Kier molecular flexibility index (Phi) is 4.88. The summed E-state index contributed by atoms with van der Waals surface area (Å²) in [6, 6.07) is 11.2. The molecule has 22 heavy (non-hydrogen) atoms. The van der Waals surface area contributed by atoms with Gasteiger partial charge in [0.25, 0.3) is 0 Å². The summed E-state index contributed by atoms with van der Waals surface area (Å²) < 4.78 is 9.89. The molecular weight excluding hydrogens is 284 g/mol. The molecule has 0 bridgehead atoms. The molecule has 5 heteroatoms. The van der Waals surface area contributed by atoms with Crippen LogP contribution in [0.15, 0.2) is 42.5 Å². The van der Waals surface area contributed by atoms with Gasteiger partial charge in [0.05, 0.1) is 0 Å². The molecule has 2 aromatic carbocycles. The Morgan fingerprint density at radius 3 is 2.41 bits per heavy atom. The number of phenolic OH excluding ortho intramolecular Hbond substituents is 2. The molecule has 5 nitrogen and oxygen atoms in total. The summed E-state index contributed by atoms with van der Waals surface area (Å²) in [5.74, 6) is -0.266. The Balaban J connectivity index is 2.01. The predicted octanol–water partition coefficient (Wildman–Crippen LogP) is 4.19. The highest BCUT2D eigenvalue weighted by Crippen LogP contribution is 2.34. The van der Waals surface area contributed by atoms with Gasteiger partial charge in [0, 0.05) is 0 Å². The highest BCUT2D eigenvalue weighted by molar-refractivity contribution is 5.69. The van der Waals surface area contributed by atoms with E-state index in [1.165, 1.54) is 18.2 Å². The molecule has 0 aliphatic rings. The van der Waals surface area contributed by atoms with Gasteiger partial charge in [-0.1, -0.05) is 32.0 Å². The number of hydrogen-bond acceptors (Lipinski definition) is 5. The largest absolute Gasteiger partial charge is 0.519 e. The summed E-state index contributed by atoms with van der Waals surface area (Å²) in [4.78, 5) is 11.7. The number of benzene rings is 2. The van der Waals surface area contributed by atoms with Crippen molar-refractivity contribution in [2.45, 2.75) is 26.2 Å². The van der Waals surface area contributed by atoms with E-state index in [4.69, 9.17) is 9.47 Å². The van der Waals surface area contributed by atoms with Gasteiger partial charge in [-0.25, -0.2) is 4.79 Å². The Labute approximate surface area is 128 Å². The summed E-state index contributed by atoms with van der Waals surface area (Å²) in [5.41, 5.74) is 1.16. The van der Waals surface area contributed by atoms with Crippen molar-refractivity contribution in [3.05, 3.63) is 48.0 Å². The first-order chi connectivity index (χ1) is 10.5. The number of hydrogen-bond donors (Lipinski definition) is 2. The summed E-state index contributed by atoms with van der Waals surface area (Å²) in [7, 11) is 0. The maximum Gasteiger partial charge on any atom is 0.519 e. The fourth-order valence-electron chi connectivity index (χ4n) is 1.90. The van der Waals surface area contributed by atoms with Crippen LogP contribution in [0, 0.1) is 0 Å².